The van der Waals surface area contributed by atoms with Gasteiger partial charge in [-0.1, -0.05) is 90.1 Å². The van der Waals surface area contributed by atoms with Crippen LogP contribution in [-0.2, 0) is 22.6 Å². The molecule has 43 heavy (non-hydrogen) atoms. The van der Waals surface area contributed by atoms with Gasteiger partial charge in [0.15, 0.2) is 16.9 Å². The lowest BCUT2D eigenvalue weighted by atomic mass is 10.1. The molecule has 2 aromatic carbocycles. The van der Waals surface area contributed by atoms with E-state index in [0.29, 0.717) is 42.2 Å². The molecule has 1 unspecified atom stereocenters. The Morgan fingerprint density at radius 2 is 1.81 bits per heavy atom. The van der Waals surface area contributed by atoms with Gasteiger partial charge in [0.05, 0.1) is 18.3 Å². The van der Waals surface area contributed by atoms with E-state index < -0.39 is 24.1 Å². The molecule has 0 bridgehead atoms. The van der Waals surface area contributed by atoms with Crippen LogP contribution < -0.4 is 27.7 Å². The predicted octanol–water partition coefficient (Wildman–Crippen LogP) is 2.98. The Kier molecular flexibility index (Phi) is 11.5. The van der Waals surface area contributed by atoms with Gasteiger partial charge >= 0.3 is 0 Å². The summed E-state index contributed by atoms with van der Waals surface area (Å²) < 4.78 is 1.28. The number of aliphatic imine (C=N–C) groups is 2. The highest BCUT2D eigenvalue weighted by Crippen LogP contribution is 2.26. The van der Waals surface area contributed by atoms with Crippen molar-refractivity contribution in [2.24, 2.45) is 21.5 Å². The fraction of sp³-hybridized carbons (Fsp3) is 0.267. The van der Waals surface area contributed by atoms with Crippen LogP contribution in [0.2, 0.25) is 5.15 Å². The van der Waals surface area contributed by atoms with Crippen molar-refractivity contribution in [3.63, 3.8) is 0 Å². The Balaban J connectivity index is 1.58. The molecular weight excluding hydrogens is 588 g/mol. The molecular formula is C30H33ClN8O3S. The predicted molar refractivity (Wildman–Crippen MR) is 173 cm³/mol. The Morgan fingerprint density at radius 3 is 2.49 bits per heavy atom. The molecule has 224 valence electrons. The largest absolute Gasteiger partial charge is 0.370 e. The van der Waals surface area contributed by atoms with Gasteiger partial charge in [-0.15, -0.1) is 0 Å². The maximum absolute atomic E-state index is 13.7. The third-order valence-electron chi connectivity index (χ3n) is 6.44. The van der Waals surface area contributed by atoms with Gasteiger partial charge in [-0.2, -0.15) is 0 Å². The van der Waals surface area contributed by atoms with Crippen molar-refractivity contribution in [3.05, 3.63) is 93.2 Å². The number of carbonyl (C=O) groups is 2. The first-order valence-corrected chi connectivity index (χ1v) is 15.0. The third-order valence-corrected chi connectivity index (χ3v) is 7.59. The molecule has 1 amide bonds. The van der Waals surface area contributed by atoms with Crippen LogP contribution in [0.15, 0.2) is 86.9 Å². The third kappa shape index (κ3) is 9.03. The molecule has 0 fully saturated rings. The second-order valence-corrected chi connectivity index (χ2v) is 10.8. The van der Waals surface area contributed by atoms with E-state index in [0.717, 1.165) is 5.56 Å². The van der Waals surface area contributed by atoms with Gasteiger partial charge in [0.1, 0.15) is 11.6 Å². The number of nitrogens with zero attached hydrogens (tertiary/aromatic N) is 4. The number of nitrogens with one attached hydrogen (secondary N) is 2. The second kappa shape index (κ2) is 15.7. The second-order valence-electron chi connectivity index (χ2n) is 9.59. The number of nitrogens with two attached hydrogens (primary N) is 2. The first-order chi connectivity index (χ1) is 20.8. The zero-order chi connectivity index (χ0) is 30.6. The first kappa shape index (κ1) is 31.5. The number of ketones is 1. The Morgan fingerprint density at radius 1 is 1.09 bits per heavy atom. The maximum Gasteiger partial charge on any atom is 0.294 e. The van der Waals surface area contributed by atoms with Gasteiger partial charge in [-0.25, -0.2) is 4.98 Å². The lowest BCUT2D eigenvalue weighted by Crippen LogP contribution is -2.46. The van der Waals surface area contributed by atoms with E-state index in [4.69, 9.17) is 23.1 Å². The van der Waals surface area contributed by atoms with Crippen LogP contribution in [0.4, 0.5) is 5.82 Å². The van der Waals surface area contributed by atoms with E-state index in [-0.39, 0.29) is 35.7 Å². The van der Waals surface area contributed by atoms with Crippen LogP contribution in [0.3, 0.4) is 0 Å². The van der Waals surface area contributed by atoms with Crippen LogP contribution >= 0.6 is 23.4 Å². The van der Waals surface area contributed by atoms with Gasteiger partial charge in [-0.05, 0) is 30.2 Å². The highest BCUT2D eigenvalue weighted by atomic mass is 35.5. The summed E-state index contributed by atoms with van der Waals surface area (Å²) in [7, 11) is 0. The van der Waals surface area contributed by atoms with Gasteiger partial charge in [0, 0.05) is 18.7 Å². The molecule has 1 atom stereocenters. The standard InChI is InChI=1S/C30H33ClN8O3S/c31-26-24(21-11-5-2-6-12-21)39(29(42)27(38-26)34-17-14-20-9-3-1-4-10-20)19-23(40)37-22(13-7-15-36-30(32)33)25(41)28-35-16-8-18-43-28/h1-6,8-12,18,22H,7,13-17,19H2,(H,34,38)(H,37,40)(H4,32,33,36). The molecule has 0 spiro atoms. The highest BCUT2D eigenvalue weighted by molar-refractivity contribution is 8.18. The number of Topliss-reactive ketones (excluding diaryl/α,β-unsaturated/α-hetero) is 1. The smallest absolute Gasteiger partial charge is 0.294 e. The van der Waals surface area contributed by atoms with E-state index in [2.05, 4.69) is 25.6 Å². The van der Waals surface area contributed by atoms with Crippen molar-refractivity contribution in [2.45, 2.75) is 31.8 Å². The summed E-state index contributed by atoms with van der Waals surface area (Å²) in [5, 5.41) is 8.01. The summed E-state index contributed by atoms with van der Waals surface area (Å²) in [5.41, 5.74) is 12.3. The topological polar surface area (TPSA) is 170 Å². The molecule has 0 saturated heterocycles. The molecule has 4 rings (SSSR count). The summed E-state index contributed by atoms with van der Waals surface area (Å²) in [4.78, 5) is 53.1. The number of hydrogen-bond acceptors (Lipinski definition) is 8. The highest BCUT2D eigenvalue weighted by Gasteiger charge is 2.27. The normalized spacial score (nSPS) is 13.1. The van der Waals surface area contributed by atoms with E-state index in [9.17, 15) is 14.4 Å². The van der Waals surface area contributed by atoms with E-state index in [1.165, 1.54) is 16.3 Å². The first-order valence-electron chi connectivity index (χ1n) is 13.7. The van der Waals surface area contributed by atoms with Gasteiger partial charge in [0.2, 0.25) is 11.7 Å². The quantitative estimate of drug-likeness (QED) is 0.121. The summed E-state index contributed by atoms with van der Waals surface area (Å²) >= 11 is 7.83. The number of amides is 1. The number of anilines is 1. The average molecular weight is 621 g/mol. The van der Waals surface area contributed by atoms with Crippen LogP contribution in [0.25, 0.3) is 11.3 Å². The Bertz CT molecular complexity index is 1570. The number of benzene rings is 2. The molecule has 1 aromatic heterocycles. The fourth-order valence-electron chi connectivity index (χ4n) is 4.42. The number of hydrogen-bond donors (Lipinski definition) is 4. The van der Waals surface area contributed by atoms with Crippen molar-refractivity contribution >= 4 is 51.9 Å². The summed E-state index contributed by atoms with van der Waals surface area (Å²) in [6.45, 7) is 0.709. The van der Waals surface area contributed by atoms with Gasteiger partial charge in [0.25, 0.3) is 5.56 Å². The minimum Gasteiger partial charge on any atom is -0.370 e. The monoisotopic (exact) mass is 620 g/mol. The molecule has 11 nitrogen and oxygen atoms in total. The maximum atomic E-state index is 13.7. The Labute approximate surface area is 258 Å². The summed E-state index contributed by atoms with van der Waals surface area (Å²) in [5.74, 6) is -0.897. The average Bonchev–Trinajstić information content (AvgIpc) is 3.02. The molecule has 2 heterocycles. The molecule has 0 radical (unpaired) electrons. The molecule has 0 aliphatic carbocycles. The number of carbonyl (C=O) groups excluding carboxylic acids is 2. The molecule has 6 N–H and O–H groups in total. The number of halogens is 1. The van der Waals surface area contributed by atoms with E-state index >= 15 is 0 Å². The fourth-order valence-corrected chi connectivity index (χ4v) is 5.43. The van der Waals surface area contributed by atoms with Crippen molar-refractivity contribution in [2.75, 3.05) is 25.0 Å². The van der Waals surface area contributed by atoms with Crippen LogP contribution in [0.1, 0.15) is 18.4 Å². The molecule has 13 heteroatoms. The molecule has 1 aliphatic rings. The van der Waals surface area contributed by atoms with Crippen molar-refractivity contribution in [1.82, 2.24) is 14.9 Å². The van der Waals surface area contributed by atoms with E-state index in [1.807, 2.05) is 42.5 Å². The molecule has 0 saturated carbocycles. The number of guanidine groups is 1. The summed E-state index contributed by atoms with van der Waals surface area (Å²) in [6, 6.07) is 17.9. The van der Waals surface area contributed by atoms with Gasteiger partial charge < -0.3 is 22.1 Å². The van der Waals surface area contributed by atoms with Crippen molar-refractivity contribution in [3.8, 4) is 11.3 Å². The molecule has 1 aliphatic heterocycles. The number of rotatable bonds is 14. The van der Waals surface area contributed by atoms with E-state index in [1.54, 1.807) is 29.7 Å². The van der Waals surface area contributed by atoms with Gasteiger partial charge in [-0.3, -0.25) is 28.9 Å². The summed E-state index contributed by atoms with van der Waals surface area (Å²) in [6.07, 6.45) is 3.20. The lowest BCUT2D eigenvalue weighted by molar-refractivity contribution is -0.125. The van der Waals surface area contributed by atoms with Crippen molar-refractivity contribution < 1.29 is 9.59 Å². The SMILES string of the molecule is NC(N)=NCCCC(NC(=O)Cn1c(-c2ccccc2)c(Cl)nc(NCCc2ccccc2)c1=O)C(=O)C1=NCC=CS1. The Hall–Kier alpha value is -4.42. The minimum atomic E-state index is -0.892. The van der Waals surface area contributed by atoms with Crippen LogP contribution in [0.5, 0.6) is 0 Å². The number of thioether (sulfide) groups is 1. The molecule has 3 aromatic rings. The number of aromatic nitrogens is 2. The van der Waals surface area contributed by atoms with Crippen LogP contribution in [0, 0.1) is 0 Å². The lowest BCUT2D eigenvalue weighted by Gasteiger charge is -2.20. The zero-order valence-corrected chi connectivity index (χ0v) is 25.0. The van der Waals surface area contributed by atoms with Crippen LogP contribution in [-0.4, -0.2) is 57.9 Å². The minimum absolute atomic E-state index is 0.0259. The zero-order valence-electron chi connectivity index (χ0n) is 23.4. The van der Waals surface area contributed by atoms with Crippen molar-refractivity contribution in [1.29, 1.82) is 0 Å².